The summed E-state index contributed by atoms with van der Waals surface area (Å²) in [6.45, 7) is -2.31. The molecule has 0 atom stereocenters. The van der Waals surface area contributed by atoms with Crippen LogP contribution < -0.4 is 0 Å². The monoisotopic (exact) mass is 98.1 g/mol. The van der Waals surface area contributed by atoms with Gasteiger partial charge in [-0.15, -0.1) is 0 Å². The standard InChI is InChI=1S/C7H8/c1-7-5-3-2-4-6-7/h2-6H,1H3/i1D3,2D,3D,4D. The summed E-state index contributed by atoms with van der Waals surface area (Å²) in [5.41, 5.74) is -0.0569. The van der Waals surface area contributed by atoms with Crippen molar-refractivity contribution in [3.05, 3.63) is 35.8 Å². The molecule has 0 fully saturated rings. The summed E-state index contributed by atoms with van der Waals surface area (Å²) in [5, 5.41) is 0. The Morgan fingerprint density at radius 2 is 2.14 bits per heavy atom. The fourth-order valence-corrected chi connectivity index (χ4v) is 0.311. The Hall–Kier alpha value is -0.780. The molecule has 0 spiro atoms. The zero-order chi connectivity index (χ0) is 10.2. The fraction of sp³-hybridized carbons (Fsp3) is 0.143. The highest BCUT2D eigenvalue weighted by molar-refractivity contribution is 5.11. The second-order valence-corrected chi connectivity index (χ2v) is 1.16. The lowest BCUT2D eigenvalue weighted by Crippen LogP contribution is -1.62. The van der Waals surface area contributed by atoms with Crippen molar-refractivity contribution in [2.24, 2.45) is 0 Å². The Balaban J connectivity index is 3.29. The van der Waals surface area contributed by atoms with Crippen molar-refractivity contribution in [1.29, 1.82) is 0 Å². The number of benzene rings is 1. The predicted octanol–water partition coefficient (Wildman–Crippen LogP) is 2.00. The van der Waals surface area contributed by atoms with Crippen molar-refractivity contribution < 1.29 is 8.22 Å². The number of hydrogen-bond donors (Lipinski definition) is 0. The normalized spacial score (nSPS) is 22.9. The molecule has 0 aromatic heterocycles. The molecule has 0 saturated carbocycles. The molecule has 0 heteroatoms. The van der Waals surface area contributed by atoms with Crippen LogP contribution in [0.3, 0.4) is 0 Å². The summed E-state index contributed by atoms with van der Waals surface area (Å²) in [4.78, 5) is 0. The van der Waals surface area contributed by atoms with Gasteiger partial charge in [-0.25, -0.2) is 0 Å². The molecule has 0 aliphatic carbocycles. The van der Waals surface area contributed by atoms with E-state index < -0.39 is 6.85 Å². The van der Waals surface area contributed by atoms with Crippen LogP contribution in [0.5, 0.6) is 0 Å². The molecule has 0 amide bonds. The van der Waals surface area contributed by atoms with Crippen molar-refractivity contribution in [3.8, 4) is 0 Å². The lowest BCUT2D eigenvalue weighted by molar-refractivity contribution is 1.48. The van der Waals surface area contributed by atoms with E-state index in [0.717, 1.165) is 12.1 Å². The molecule has 0 saturated heterocycles. The summed E-state index contributed by atoms with van der Waals surface area (Å²) in [5.74, 6) is 0. The molecular weight excluding hydrogens is 84.1 g/mol. The van der Waals surface area contributed by atoms with E-state index >= 15 is 0 Å². The SMILES string of the molecule is [2H]c1cc(C([2H])([2H])[2H])cc([2H])c1[2H]. The first-order valence-electron chi connectivity index (χ1n) is 4.90. The van der Waals surface area contributed by atoms with Gasteiger partial charge in [0, 0.05) is 4.11 Å². The third-order valence-electron chi connectivity index (χ3n) is 0.600. The molecular formula is C7H8. The third kappa shape index (κ3) is 1.04. The van der Waals surface area contributed by atoms with Gasteiger partial charge in [-0.2, -0.15) is 0 Å². The van der Waals surface area contributed by atoms with Crippen molar-refractivity contribution in [3.63, 3.8) is 0 Å². The smallest absolute Gasteiger partial charge is 0.0622 e. The largest absolute Gasteiger partial charge is 0.0623 e. The molecule has 0 nitrogen and oxygen atoms in total. The van der Waals surface area contributed by atoms with Gasteiger partial charge in [0.15, 0.2) is 0 Å². The molecule has 0 heterocycles. The van der Waals surface area contributed by atoms with Crippen LogP contribution in [0.15, 0.2) is 30.3 Å². The summed E-state index contributed by atoms with van der Waals surface area (Å²) < 4.78 is 42.8. The minimum Gasteiger partial charge on any atom is -0.0622 e. The van der Waals surface area contributed by atoms with Gasteiger partial charge in [0.1, 0.15) is 0 Å². The molecule has 36 valence electrons. The minimum absolute atomic E-state index is 0.0569. The molecule has 0 radical (unpaired) electrons. The average Bonchev–Trinajstić information content (AvgIpc) is 1.97. The first kappa shape index (κ1) is 1.13. The van der Waals surface area contributed by atoms with Crippen LogP contribution in [0.1, 0.15) is 13.8 Å². The first-order chi connectivity index (χ1) is 5.82. The molecule has 7 heavy (non-hydrogen) atoms. The van der Waals surface area contributed by atoms with E-state index in [1.165, 1.54) is 0 Å². The molecule has 1 aromatic carbocycles. The summed E-state index contributed by atoms with van der Waals surface area (Å²) in [6.07, 6.45) is 0. The lowest BCUT2D eigenvalue weighted by atomic mass is 10.2. The van der Waals surface area contributed by atoms with Crippen LogP contribution in [0.2, 0.25) is 0 Å². The zero-order valence-electron chi connectivity index (χ0n) is 9.65. The number of aryl methyl sites for hydroxylation is 1. The van der Waals surface area contributed by atoms with Gasteiger partial charge in [0.2, 0.25) is 0 Å². The maximum absolute atomic E-state index is 7.22. The molecule has 1 rings (SSSR count). The van der Waals surface area contributed by atoms with Crippen LogP contribution >= 0.6 is 0 Å². The van der Waals surface area contributed by atoms with Crippen LogP contribution in [0.4, 0.5) is 0 Å². The van der Waals surface area contributed by atoms with Crippen LogP contribution in [-0.2, 0) is 0 Å². The topological polar surface area (TPSA) is 0 Å². The molecule has 0 aliphatic heterocycles. The van der Waals surface area contributed by atoms with Crippen LogP contribution in [0, 0.1) is 6.85 Å². The van der Waals surface area contributed by atoms with E-state index in [1.54, 1.807) is 0 Å². The highest BCUT2D eigenvalue weighted by atomic mass is 13.8. The predicted molar refractivity (Wildman–Crippen MR) is 31.2 cm³/mol. The van der Waals surface area contributed by atoms with Crippen molar-refractivity contribution in [1.82, 2.24) is 0 Å². The van der Waals surface area contributed by atoms with Crippen molar-refractivity contribution >= 4 is 0 Å². The van der Waals surface area contributed by atoms with E-state index in [0.29, 0.717) is 0 Å². The van der Waals surface area contributed by atoms with E-state index in [-0.39, 0.29) is 23.7 Å². The average molecular weight is 98.2 g/mol. The fourth-order valence-electron chi connectivity index (χ4n) is 0.311. The van der Waals surface area contributed by atoms with Gasteiger partial charge < -0.3 is 0 Å². The Morgan fingerprint density at radius 3 is 2.71 bits per heavy atom. The second-order valence-electron chi connectivity index (χ2n) is 1.16. The number of rotatable bonds is 0. The first-order valence-corrected chi connectivity index (χ1v) is 1.90. The van der Waals surface area contributed by atoms with E-state index in [1.807, 2.05) is 0 Å². The van der Waals surface area contributed by atoms with Crippen molar-refractivity contribution in [2.75, 3.05) is 0 Å². The van der Waals surface area contributed by atoms with E-state index in [4.69, 9.17) is 8.22 Å². The highest BCUT2D eigenvalue weighted by Crippen LogP contribution is 1.92. The summed E-state index contributed by atoms with van der Waals surface area (Å²) in [7, 11) is 0. The van der Waals surface area contributed by atoms with Gasteiger partial charge in [-0.1, -0.05) is 35.8 Å². The van der Waals surface area contributed by atoms with Crippen molar-refractivity contribution in [2.45, 2.75) is 6.85 Å². The Morgan fingerprint density at radius 1 is 1.43 bits per heavy atom. The van der Waals surface area contributed by atoms with E-state index in [9.17, 15) is 0 Å². The maximum atomic E-state index is 7.22. The van der Waals surface area contributed by atoms with Gasteiger partial charge in [-0.05, 0) is 6.85 Å². The van der Waals surface area contributed by atoms with Gasteiger partial charge >= 0.3 is 0 Å². The molecule has 1 aromatic rings. The summed E-state index contributed by atoms with van der Waals surface area (Å²) >= 11 is 0. The van der Waals surface area contributed by atoms with Gasteiger partial charge in [0.25, 0.3) is 0 Å². The maximum Gasteiger partial charge on any atom is 0.0623 e. The highest BCUT2D eigenvalue weighted by Gasteiger charge is 1.72. The Kier molecular flexibility index (Phi) is 0.289. The van der Waals surface area contributed by atoms with Gasteiger partial charge in [-0.3, -0.25) is 0 Å². The van der Waals surface area contributed by atoms with Crippen LogP contribution in [-0.4, -0.2) is 0 Å². The van der Waals surface area contributed by atoms with E-state index in [2.05, 4.69) is 0 Å². The molecule has 0 N–H and O–H groups in total. The minimum atomic E-state index is -2.31. The van der Waals surface area contributed by atoms with Crippen LogP contribution in [0.25, 0.3) is 0 Å². The zero-order valence-corrected chi connectivity index (χ0v) is 3.65. The quantitative estimate of drug-likeness (QED) is 0.465. The second kappa shape index (κ2) is 1.78. The lowest BCUT2D eigenvalue weighted by Gasteiger charge is -1.82. The molecule has 0 unspecified atom stereocenters. The van der Waals surface area contributed by atoms with Gasteiger partial charge in [0.05, 0.1) is 4.11 Å². The summed E-state index contributed by atoms with van der Waals surface area (Å²) in [6, 6.07) is 1.52. The molecule has 0 aliphatic rings. The Bertz CT molecular complexity index is 303. The number of hydrogen-bond acceptors (Lipinski definition) is 0. The Labute approximate surface area is 52.2 Å². The molecule has 0 bridgehead atoms. The third-order valence-corrected chi connectivity index (χ3v) is 0.600.